The van der Waals surface area contributed by atoms with Gasteiger partial charge in [0.05, 0.1) is 6.04 Å². The summed E-state index contributed by atoms with van der Waals surface area (Å²) in [7, 11) is 0. The van der Waals surface area contributed by atoms with Crippen LogP contribution in [0.2, 0.25) is 0 Å². The highest BCUT2D eigenvalue weighted by Gasteiger charge is 2.24. The molecule has 1 atom stereocenters. The van der Waals surface area contributed by atoms with Gasteiger partial charge in [-0.15, -0.1) is 0 Å². The number of nitrogens with one attached hydrogen (secondary N) is 1. The van der Waals surface area contributed by atoms with Gasteiger partial charge in [-0.2, -0.15) is 0 Å². The summed E-state index contributed by atoms with van der Waals surface area (Å²) >= 11 is 0. The molecular weight excluding hydrogens is 276 g/mol. The molecule has 4 nitrogen and oxygen atoms in total. The number of carbonyl (C=O) groups excluding carboxylic acids is 1. The second-order valence-corrected chi connectivity index (χ2v) is 5.79. The summed E-state index contributed by atoms with van der Waals surface area (Å²) in [4.78, 5) is 12.4. The Balaban J connectivity index is 1.75. The smallest absolute Gasteiger partial charge is 0.223 e. The van der Waals surface area contributed by atoms with Crippen molar-refractivity contribution in [1.29, 1.82) is 0 Å². The molecule has 0 radical (unpaired) electrons. The van der Waals surface area contributed by atoms with E-state index in [0.717, 1.165) is 18.4 Å². The molecule has 2 aromatic rings. The van der Waals surface area contributed by atoms with Crippen molar-refractivity contribution < 1.29 is 9.53 Å². The van der Waals surface area contributed by atoms with E-state index in [1.165, 1.54) is 10.8 Å². The maximum Gasteiger partial charge on any atom is 0.223 e. The van der Waals surface area contributed by atoms with E-state index in [4.69, 9.17) is 10.5 Å². The van der Waals surface area contributed by atoms with E-state index in [1.54, 1.807) is 0 Å². The highest BCUT2D eigenvalue weighted by molar-refractivity contribution is 5.83. The topological polar surface area (TPSA) is 64.3 Å². The summed E-state index contributed by atoms with van der Waals surface area (Å²) < 4.78 is 5.31. The molecule has 1 fully saturated rings. The van der Waals surface area contributed by atoms with Crippen LogP contribution in [-0.2, 0) is 9.53 Å². The van der Waals surface area contributed by atoms with Crippen LogP contribution in [0.3, 0.4) is 0 Å². The van der Waals surface area contributed by atoms with Gasteiger partial charge >= 0.3 is 0 Å². The number of carbonyl (C=O) groups is 1. The first-order valence-corrected chi connectivity index (χ1v) is 7.85. The highest BCUT2D eigenvalue weighted by atomic mass is 16.5. The van der Waals surface area contributed by atoms with Crippen molar-refractivity contribution in [2.24, 2.45) is 11.7 Å². The molecule has 0 aliphatic carbocycles. The fourth-order valence-corrected chi connectivity index (χ4v) is 2.95. The Labute approximate surface area is 130 Å². The van der Waals surface area contributed by atoms with Crippen LogP contribution in [0, 0.1) is 5.92 Å². The van der Waals surface area contributed by atoms with Crippen LogP contribution in [0.1, 0.15) is 24.4 Å². The minimum atomic E-state index is -0.139. The Morgan fingerprint density at radius 1 is 1.18 bits per heavy atom. The largest absolute Gasteiger partial charge is 0.381 e. The summed E-state index contributed by atoms with van der Waals surface area (Å²) in [6.07, 6.45) is 1.59. The number of rotatable bonds is 4. The number of ether oxygens (including phenoxy) is 1. The van der Waals surface area contributed by atoms with Crippen LogP contribution in [-0.4, -0.2) is 25.7 Å². The normalized spacial score (nSPS) is 17.3. The standard InChI is InChI=1S/C18H22N2O2/c19-12-17(20-18(21)14-7-9-22-10-8-14)16-6-5-13-3-1-2-4-15(13)11-16/h1-6,11,14,17H,7-10,12,19H2,(H,20,21). The maximum absolute atomic E-state index is 12.4. The summed E-state index contributed by atoms with van der Waals surface area (Å²) in [5.74, 6) is 0.134. The fraction of sp³-hybridized carbons (Fsp3) is 0.389. The van der Waals surface area contributed by atoms with Crippen LogP contribution < -0.4 is 11.1 Å². The van der Waals surface area contributed by atoms with Crippen molar-refractivity contribution in [2.75, 3.05) is 19.8 Å². The molecular formula is C18H22N2O2. The van der Waals surface area contributed by atoms with Crippen LogP contribution in [0.15, 0.2) is 42.5 Å². The van der Waals surface area contributed by atoms with Crippen molar-refractivity contribution in [2.45, 2.75) is 18.9 Å². The fourth-order valence-electron chi connectivity index (χ4n) is 2.95. The third-order valence-electron chi connectivity index (χ3n) is 4.32. The first-order valence-electron chi connectivity index (χ1n) is 7.85. The van der Waals surface area contributed by atoms with Gasteiger partial charge < -0.3 is 15.8 Å². The minimum absolute atomic E-state index is 0.0447. The zero-order valence-electron chi connectivity index (χ0n) is 12.6. The lowest BCUT2D eigenvalue weighted by Gasteiger charge is -2.25. The molecule has 1 unspecified atom stereocenters. The SMILES string of the molecule is NCC(NC(=O)C1CCOCC1)c1ccc2ccccc2c1. The first-order chi connectivity index (χ1) is 10.8. The molecule has 2 aromatic carbocycles. The zero-order chi connectivity index (χ0) is 15.4. The molecule has 1 aliphatic rings. The summed E-state index contributed by atoms with van der Waals surface area (Å²) in [6, 6.07) is 14.3. The predicted molar refractivity (Wildman–Crippen MR) is 87.4 cm³/mol. The van der Waals surface area contributed by atoms with Gasteiger partial charge in [-0.05, 0) is 35.2 Å². The van der Waals surface area contributed by atoms with Gasteiger partial charge in [-0.3, -0.25) is 4.79 Å². The maximum atomic E-state index is 12.4. The van der Waals surface area contributed by atoms with Crippen molar-refractivity contribution in [3.8, 4) is 0 Å². The number of hydrogen-bond donors (Lipinski definition) is 2. The van der Waals surface area contributed by atoms with Gasteiger partial charge in [0.1, 0.15) is 0 Å². The monoisotopic (exact) mass is 298 g/mol. The van der Waals surface area contributed by atoms with Gasteiger partial charge in [-0.25, -0.2) is 0 Å². The van der Waals surface area contributed by atoms with Gasteiger partial charge in [0, 0.05) is 25.7 Å². The van der Waals surface area contributed by atoms with Crippen molar-refractivity contribution in [3.05, 3.63) is 48.0 Å². The molecule has 0 aromatic heterocycles. The van der Waals surface area contributed by atoms with Crippen LogP contribution in [0.4, 0.5) is 0 Å². The summed E-state index contributed by atoms with van der Waals surface area (Å²) in [5, 5.41) is 5.46. The Morgan fingerprint density at radius 3 is 2.64 bits per heavy atom. The third-order valence-corrected chi connectivity index (χ3v) is 4.32. The third kappa shape index (κ3) is 3.29. The van der Waals surface area contributed by atoms with E-state index >= 15 is 0 Å². The molecule has 22 heavy (non-hydrogen) atoms. The Hall–Kier alpha value is -1.91. The van der Waals surface area contributed by atoms with Gasteiger partial charge in [-0.1, -0.05) is 36.4 Å². The van der Waals surface area contributed by atoms with Crippen molar-refractivity contribution in [3.63, 3.8) is 0 Å². The molecule has 1 saturated heterocycles. The molecule has 4 heteroatoms. The summed E-state index contributed by atoms with van der Waals surface area (Å²) in [6.45, 7) is 1.73. The van der Waals surface area contributed by atoms with Gasteiger partial charge in [0.15, 0.2) is 0 Å². The summed E-state index contributed by atoms with van der Waals surface area (Å²) in [5.41, 5.74) is 6.94. The quantitative estimate of drug-likeness (QED) is 0.911. The zero-order valence-corrected chi connectivity index (χ0v) is 12.6. The van der Waals surface area contributed by atoms with E-state index in [1.807, 2.05) is 18.2 Å². The average molecular weight is 298 g/mol. The molecule has 1 aliphatic heterocycles. The number of benzene rings is 2. The van der Waals surface area contributed by atoms with Gasteiger partial charge in [0.2, 0.25) is 5.91 Å². The van der Waals surface area contributed by atoms with Crippen molar-refractivity contribution >= 4 is 16.7 Å². The lowest BCUT2D eigenvalue weighted by Crippen LogP contribution is -2.39. The average Bonchev–Trinajstić information content (AvgIpc) is 2.59. The Bertz CT molecular complexity index is 650. The van der Waals surface area contributed by atoms with Gasteiger partial charge in [0.25, 0.3) is 0 Å². The molecule has 1 amide bonds. The minimum Gasteiger partial charge on any atom is -0.381 e. The highest BCUT2D eigenvalue weighted by Crippen LogP contribution is 2.21. The number of amides is 1. The molecule has 1 heterocycles. The van der Waals surface area contributed by atoms with Crippen LogP contribution >= 0.6 is 0 Å². The van der Waals surface area contributed by atoms with Crippen LogP contribution in [0.25, 0.3) is 10.8 Å². The molecule has 3 rings (SSSR count). The predicted octanol–water partition coefficient (Wildman–Crippen LogP) is 2.38. The Kier molecular flexibility index (Phi) is 4.71. The number of nitrogens with two attached hydrogens (primary N) is 1. The van der Waals surface area contributed by atoms with E-state index in [9.17, 15) is 4.79 Å². The lowest BCUT2D eigenvalue weighted by molar-refractivity contribution is -0.128. The molecule has 3 N–H and O–H groups in total. The van der Waals surface area contributed by atoms with E-state index in [-0.39, 0.29) is 17.9 Å². The van der Waals surface area contributed by atoms with Crippen LogP contribution in [0.5, 0.6) is 0 Å². The Morgan fingerprint density at radius 2 is 1.91 bits per heavy atom. The molecule has 116 valence electrons. The second kappa shape index (κ2) is 6.90. The molecule has 0 saturated carbocycles. The molecule has 0 spiro atoms. The van der Waals surface area contributed by atoms with E-state index in [0.29, 0.717) is 19.8 Å². The van der Waals surface area contributed by atoms with E-state index in [2.05, 4.69) is 29.6 Å². The van der Waals surface area contributed by atoms with E-state index < -0.39 is 0 Å². The lowest BCUT2D eigenvalue weighted by atomic mass is 9.97. The number of hydrogen-bond acceptors (Lipinski definition) is 3. The van der Waals surface area contributed by atoms with Crippen molar-refractivity contribution in [1.82, 2.24) is 5.32 Å². The second-order valence-electron chi connectivity index (χ2n) is 5.79. The molecule has 0 bridgehead atoms. The first kappa shape index (κ1) is 15.0. The number of fused-ring (bicyclic) bond motifs is 1.